The fourth-order valence-electron chi connectivity index (χ4n) is 1.69. The van der Waals surface area contributed by atoms with Crippen molar-refractivity contribution in [3.63, 3.8) is 0 Å². The summed E-state index contributed by atoms with van der Waals surface area (Å²) in [4.78, 5) is 15.9. The van der Waals surface area contributed by atoms with Gasteiger partial charge in [-0.05, 0) is 36.8 Å². The standard InChI is InChI=1S/C14H11Cl3N2O/c1-8(9-2-3-11(15)12(16)6-9)19-14(20)10-4-5-18-13(17)7-10/h2-8H,1H3,(H,19,20). The van der Waals surface area contributed by atoms with Crippen molar-refractivity contribution < 1.29 is 4.79 Å². The molecule has 1 N–H and O–H groups in total. The van der Waals surface area contributed by atoms with Crippen LogP contribution in [0.5, 0.6) is 0 Å². The fourth-order valence-corrected chi connectivity index (χ4v) is 2.17. The number of carbonyl (C=O) groups is 1. The van der Waals surface area contributed by atoms with E-state index in [1.54, 1.807) is 18.2 Å². The molecule has 0 aliphatic carbocycles. The second-order valence-electron chi connectivity index (χ2n) is 4.24. The third-order valence-electron chi connectivity index (χ3n) is 2.78. The second-order valence-corrected chi connectivity index (χ2v) is 5.44. The zero-order valence-corrected chi connectivity index (χ0v) is 12.8. The number of pyridine rings is 1. The van der Waals surface area contributed by atoms with Crippen LogP contribution in [0, 0.1) is 0 Å². The molecular weight excluding hydrogens is 319 g/mol. The van der Waals surface area contributed by atoms with Gasteiger partial charge < -0.3 is 5.32 Å². The zero-order valence-electron chi connectivity index (χ0n) is 10.5. The van der Waals surface area contributed by atoms with Crippen molar-refractivity contribution in [2.24, 2.45) is 0 Å². The van der Waals surface area contributed by atoms with E-state index < -0.39 is 0 Å². The van der Waals surface area contributed by atoms with Crippen LogP contribution < -0.4 is 5.32 Å². The lowest BCUT2D eigenvalue weighted by atomic mass is 10.1. The van der Waals surface area contributed by atoms with Crippen LogP contribution in [0.25, 0.3) is 0 Å². The Hall–Kier alpha value is -1.29. The number of amides is 1. The van der Waals surface area contributed by atoms with Gasteiger partial charge in [0.05, 0.1) is 16.1 Å². The molecule has 1 atom stereocenters. The SMILES string of the molecule is CC(NC(=O)c1ccnc(Cl)c1)c1ccc(Cl)c(Cl)c1. The van der Waals surface area contributed by atoms with Gasteiger partial charge in [0.2, 0.25) is 0 Å². The number of hydrogen-bond acceptors (Lipinski definition) is 2. The lowest BCUT2D eigenvalue weighted by Gasteiger charge is -2.15. The summed E-state index contributed by atoms with van der Waals surface area (Å²) in [6.45, 7) is 1.86. The molecule has 0 aliphatic rings. The number of halogens is 3. The summed E-state index contributed by atoms with van der Waals surface area (Å²) >= 11 is 17.6. The number of nitrogens with zero attached hydrogens (tertiary/aromatic N) is 1. The van der Waals surface area contributed by atoms with Gasteiger partial charge in [-0.1, -0.05) is 40.9 Å². The molecule has 6 heteroatoms. The second kappa shape index (κ2) is 6.44. The first-order chi connectivity index (χ1) is 9.47. The lowest BCUT2D eigenvalue weighted by Crippen LogP contribution is -2.26. The minimum absolute atomic E-state index is 0.204. The average molecular weight is 330 g/mol. The average Bonchev–Trinajstić information content (AvgIpc) is 2.41. The van der Waals surface area contributed by atoms with Crippen LogP contribution >= 0.6 is 34.8 Å². The normalized spacial score (nSPS) is 12.0. The maximum atomic E-state index is 12.1. The summed E-state index contributed by atoms with van der Waals surface area (Å²) < 4.78 is 0. The largest absolute Gasteiger partial charge is 0.346 e. The highest BCUT2D eigenvalue weighted by Gasteiger charge is 2.13. The van der Waals surface area contributed by atoms with Crippen LogP contribution in [0.1, 0.15) is 28.9 Å². The molecule has 1 aromatic heterocycles. The maximum Gasteiger partial charge on any atom is 0.251 e. The molecule has 0 fully saturated rings. The monoisotopic (exact) mass is 328 g/mol. The van der Waals surface area contributed by atoms with Gasteiger partial charge >= 0.3 is 0 Å². The van der Waals surface area contributed by atoms with E-state index in [0.717, 1.165) is 5.56 Å². The van der Waals surface area contributed by atoms with Crippen molar-refractivity contribution in [1.82, 2.24) is 10.3 Å². The molecule has 1 amide bonds. The van der Waals surface area contributed by atoms with E-state index in [9.17, 15) is 4.79 Å². The van der Waals surface area contributed by atoms with Gasteiger partial charge in [-0.15, -0.1) is 0 Å². The Labute approximate surface area is 131 Å². The molecule has 0 spiro atoms. The quantitative estimate of drug-likeness (QED) is 0.840. The van der Waals surface area contributed by atoms with E-state index in [1.165, 1.54) is 12.3 Å². The molecule has 0 radical (unpaired) electrons. The van der Waals surface area contributed by atoms with Crippen LogP contribution in [0.4, 0.5) is 0 Å². The summed E-state index contributed by atoms with van der Waals surface area (Å²) in [6, 6.07) is 8.16. The Kier molecular flexibility index (Phi) is 4.86. The third kappa shape index (κ3) is 3.63. The first-order valence-corrected chi connectivity index (χ1v) is 6.98. The Morgan fingerprint density at radius 2 is 1.90 bits per heavy atom. The van der Waals surface area contributed by atoms with Gasteiger partial charge in [-0.25, -0.2) is 4.98 Å². The van der Waals surface area contributed by atoms with Gasteiger partial charge in [0.25, 0.3) is 5.91 Å². The van der Waals surface area contributed by atoms with Crippen molar-refractivity contribution >= 4 is 40.7 Å². The molecule has 1 aromatic carbocycles. The molecule has 0 bridgehead atoms. The Bertz CT molecular complexity index is 646. The minimum Gasteiger partial charge on any atom is -0.346 e. The fraction of sp³-hybridized carbons (Fsp3) is 0.143. The minimum atomic E-state index is -0.229. The Morgan fingerprint density at radius 3 is 2.55 bits per heavy atom. The smallest absolute Gasteiger partial charge is 0.251 e. The first kappa shape index (κ1) is 15.1. The topological polar surface area (TPSA) is 42.0 Å². The molecule has 3 nitrogen and oxygen atoms in total. The van der Waals surface area contributed by atoms with Crippen molar-refractivity contribution in [3.8, 4) is 0 Å². The first-order valence-electron chi connectivity index (χ1n) is 5.84. The predicted molar refractivity (Wildman–Crippen MR) is 81.6 cm³/mol. The van der Waals surface area contributed by atoms with Crippen LogP contribution in [-0.4, -0.2) is 10.9 Å². The van der Waals surface area contributed by atoms with Crippen LogP contribution in [0.15, 0.2) is 36.5 Å². The van der Waals surface area contributed by atoms with E-state index in [-0.39, 0.29) is 17.1 Å². The summed E-state index contributed by atoms with van der Waals surface area (Å²) in [6.07, 6.45) is 1.49. The zero-order chi connectivity index (χ0) is 14.7. The number of nitrogens with one attached hydrogen (secondary N) is 1. The maximum absolute atomic E-state index is 12.1. The highest BCUT2D eigenvalue weighted by molar-refractivity contribution is 6.42. The number of benzene rings is 1. The van der Waals surface area contributed by atoms with E-state index >= 15 is 0 Å². The van der Waals surface area contributed by atoms with Gasteiger partial charge in [0, 0.05) is 11.8 Å². The molecule has 20 heavy (non-hydrogen) atoms. The van der Waals surface area contributed by atoms with Crippen molar-refractivity contribution in [2.45, 2.75) is 13.0 Å². The molecule has 0 saturated carbocycles. The molecule has 2 aromatic rings. The van der Waals surface area contributed by atoms with Crippen LogP contribution in [0.3, 0.4) is 0 Å². The van der Waals surface area contributed by atoms with E-state index in [4.69, 9.17) is 34.8 Å². The van der Waals surface area contributed by atoms with E-state index in [1.807, 2.05) is 13.0 Å². The molecule has 0 aliphatic heterocycles. The molecular formula is C14H11Cl3N2O. The lowest BCUT2D eigenvalue weighted by molar-refractivity contribution is 0.0940. The van der Waals surface area contributed by atoms with E-state index in [0.29, 0.717) is 15.6 Å². The summed E-state index contributed by atoms with van der Waals surface area (Å²) in [5.74, 6) is -0.229. The van der Waals surface area contributed by atoms with Gasteiger partial charge in [0.15, 0.2) is 0 Å². The Morgan fingerprint density at radius 1 is 1.15 bits per heavy atom. The van der Waals surface area contributed by atoms with Gasteiger partial charge in [0.1, 0.15) is 5.15 Å². The Balaban J connectivity index is 2.13. The van der Waals surface area contributed by atoms with Gasteiger partial charge in [-0.2, -0.15) is 0 Å². The number of aromatic nitrogens is 1. The van der Waals surface area contributed by atoms with E-state index in [2.05, 4.69) is 10.3 Å². The summed E-state index contributed by atoms with van der Waals surface area (Å²) in [5, 5.41) is 4.07. The molecule has 0 saturated heterocycles. The highest BCUT2D eigenvalue weighted by Crippen LogP contribution is 2.25. The molecule has 2 rings (SSSR count). The summed E-state index contributed by atoms with van der Waals surface area (Å²) in [7, 11) is 0. The van der Waals surface area contributed by atoms with Crippen LogP contribution in [0.2, 0.25) is 15.2 Å². The van der Waals surface area contributed by atoms with Crippen molar-refractivity contribution in [3.05, 3.63) is 62.9 Å². The predicted octanol–water partition coefficient (Wildman–Crippen LogP) is 4.53. The summed E-state index contributed by atoms with van der Waals surface area (Å²) in [5.41, 5.74) is 1.32. The van der Waals surface area contributed by atoms with Crippen molar-refractivity contribution in [1.29, 1.82) is 0 Å². The molecule has 1 unspecified atom stereocenters. The number of rotatable bonds is 3. The molecule has 104 valence electrons. The molecule has 1 heterocycles. The number of hydrogen-bond donors (Lipinski definition) is 1. The number of carbonyl (C=O) groups excluding carboxylic acids is 1. The van der Waals surface area contributed by atoms with Crippen LogP contribution in [-0.2, 0) is 0 Å². The van der Waals surface area contributed by atoms with Crippen molar-refractivity contribution in [2.75, 3.05) is 0 Å². The van der Waals surface area contributed by atoms with Gasteiger partial charge in [-0.3, -0.25) is 4.79 Å². The highest BCUT2D eigenvalue weighted by atomic mass is 35.5. The third-order valence-corrected chi connectivity index (χ3v) is 3.73.